The lowest BCUT2D eigenvalue weighted by Crippen LogP contribution is -2.38. The van der Waals surface area contributed by atoms with Crippen LogP contribution in [0.5, 0.6) is 0 Å². The Morgan fingerprint density at radius 2 is 1.94 bits per heavy atom. The van der Waals surface area contributed by atoms with Crippen LogP contribution in [0.1, 0.15) is 24.5 Å². The third-order valence-electron chi connectivity index (χ3n) is 3.31. The Morgan fingerprint density at radius 3 is 2.56 bits per heavy atom. The van der Waals surface area contributed by atoms with Crippen LogP contribution in [0.3, 0.4) is 0 Å². The monoisotopic (exact) mass is 257 g/mol. The number of hydrogen-bond donors (Lipinski definition) is 2. The van der Waals surface area contributed by atoms with Crippen molar-refractivity contribution in [2.75, 3.05) is 19.6 Å². The first-order valence-corrected chi connectivity index (χ1v) is 6.09. The summed E-state index contributed by atoms with van der Waals surface area (Å²) in [5, 5.41) is 19.3. The highest BCUT2D eigenvalue weighted by atomic mass is 19.1. The standard InChI is InChI=1S/C13H17F2NO2/c14-9-1-2-11(12(15)7-9)13(18)8-16-5-3-10(17)4-6-16/h1-2,7,10,13,17-18H,3-6,8H2. The number of aliphatic hydroxyl groups excluding tert-OH is 2. The van der Waals surface area contributed by atoms with Crippen molar-refractivity contribution >= 4 is 0 Å². The molecule has 1 aromatic carbocycles. The lowest BCUT2D eigenvalue weighted by atomic mass is 10.0. The minimum Gasteiger partial charge on any atom is -0.393 e. The first kappa shape index (κ1) is 13.4. The minimum atomic E-state index is -0.971. The van der Waals surface area contributed by atoms with Gasteiger partial charge in [0.2, 0.25) is 0 Å². The largest absolute Gasteiger partial charge is 0.393 e. The molecule has 1 aromatic rings. The predicted molar refractivity (Wildman–Crippen MR) is 63.0 cm³/mol. The normalized spacial score (nSPS) is 20.0. The topological polar surface area (TPSA) is 43.7 Å². The molecule has 1 atom stereocenters. The summed E-state index contributed by atoms with van der Waals surface area (Å²) in [5.74, 6) is -1.37. The molecule has 1 aliphatic rings. The van der Waals surface area contributed by atoms with E-state index in [2.05, 4.69) is 0 Å². The third kappa shape index (κ3) is 3.25. The highest BCUT2D eigenvalue weighted by molar-refractivity contribution is 5.21. The van der Waals surface area contributed by atoms with E-state index in [4.69, 9.17) is 0 Å². The molecule has 0 amide bonds. The predicted octanol–water partition coefficient (Wildman–Crippen LogP) is 1.45. The molecular formula is C13H17F2NO2. The maximum Gasteiger partial charge on any atom is 0.131 e. The summed E-state index contributed by atoms with van der Waals surface area (Å²) in [7, 11) is 0. The van der Waals surface area contributed by atoms with Gasteiger partial charge in [0.05, 0.1) is 12.2 Å². The fourth-order valence-electron chi connectivity index (χ4n) is 2.22. The molecule has 5 heteroatoms. The van der Waals surface area contributed by atoms with Crippen LogP contribution in [-0.2, 0) is 0 Å². The van der Waals surface area contributed by atoms with E-state index in [-0.39, 0.29) is 11.7 Å². The lowest BCUT2D eigenvalue weighted by molar-refractivity contribution is 0.0497. The number of β-amino-alcohol motifs (C(OH)–C–C–N with tert-alkyl or cyclic N) is 1. The van der Waals surface area contributed by atoms with Crippen molar-refractivity contribution in [3.8, 4) is 0 Å². The summed E-state index contributed by atoms with van der Waals surface area (Å²) in [6.07, 6.45) is 0.0823. The van der Waals surface area contributed by atoms with Crippen molar-refractivity contribution < 1.29 is 19.0 Å². The van der Waals surface area contributed by atoms with Crippen LogP contribution >= 0.6 is 0 Å². The molecular weight excluding hydrogens is 240 g/mol. The molecule has 1 saturated heterocycles. The number of nitrogens with zero attached hydrogens (tertiary/aromatic N) is 1. The molecule has 18 heavy (non-hydrogen) atoms. The first-order valence-electron chi connectivity index (χ1n) is 6.09. The summed E-state index contributed by atoms with van der Waals surface area (Å²) in [6.45, 7) is 1.66. The van der Waals surface area contributed by atoms with Gasteiger partial charge in [-0.25, -0.2) is 8.78 Å². The van der Waals surface area contributed by atoms with Crippen molar-refractivity contribution in [2.24, 2.45) is 0 Å². The molecule has 2 N–H and O–H groups in total. The minimum absolute atomic E-state index is 0.113. The Bertz CT molecular complexity index is 406. The summed E-state index contributed by atoms with van der Waals surface area (Å²) < 4.78 is 26.2. The average Bonchev–Trinajstić information content (AvgIpc) is 2.32. The maximum absolute atomic E-state index is 13.5. The van der Waals surface area contributed by atoms with Crippen LogP contribution in [-0.4, -0.2) is 40.9 Å². The first-order chi connectivity index (χ1) is 8.56. The Balaban J connectivity index is 1.97. The van der Waals surface area contributed by atoms with Crippen molar-refractivity contribution in [3.63, 3.8) is 0 Å². The molecule has 0 saturated carbocycles. The van der Waals surface area contributed by atoms with E-state index >= 15 is 0 Å². The van der Waals surface area contributed by atoms with Gasteiger partial charge >= 0.3 is 0 Å². The molecule has 0 aromatic heterocycles. The second-order valence-corrected chi connectivity index (χ2v) is 4.71. The summed E-state index contributed by atoms with van der Waals surface area (Å²) in [5.41, 5.74) is 0.113. The Kier molecular flexibility index (Phi) is 4.27. The van der Waals surface area contributed by atoms with Crippen molar-refractivity contribution in [2.45, 2.75) is 25.0 Å². The molecule has 0 bridgehead atoms. The second-order valence-electron chi connectivity index (χ2n) is 4.71. The number of hydrogen-bond acceptors (Lipinski definition) is 3. The van der Waals surface area contributed by atoms with Gasteiger partial charge in [0.1, 0.15) is 11.6 Å². The molecule has 3 nitrogen and oxygen atoms in total. The number of benzene rings is 1. The number of likely N-dealkylation sites (tertiary alicyclic amines) is 1. The smallest absolute Gasteiger partial charge is 0.131 e. The molecule has 0 aliphatic carbocycles. The molecule has 1 aliphatic heterocycles. The zero-order chi connectivity index (χ0) is 13.1. The molecule has 2 rings (SSSR count). The molecule has 1 fully saturated rings. The molecule has 0 spiro atoms. The summed E-state index contributed by atoms with van der Waals surface area (Å²) >= 11 is 0. The maximum atomic E-state index is 13.5. The van der Waals surface area contributed by atoms with Gasteiger partial charge in [-0.15, -0.1) is 0 Å². The van der Waals surface area contributed by atoms with Crippen LogP contribution in [0.15, 0.2) is 18.2 Å². The van der Waals surface area contributed by atoms with E-state index in [0.29, 0.717) is 32.5 Å². The Morgan fingerprint density at radius 1 is 1.28 bits per heavy atom. The van der Waals surface area contributed by atoms with E-state index in [9.17, 15) is 19.0 Å². The van der Waals surface area contributed by atoms with Crippen LogP contribution in [0.25, 0.3) is 0 Å². The van der Waals surface area contributed by atoms with E-state index in [0.717, 1.165) is 12.1 Å². The van der Waals surface area contributed by atoms with E-state index in [1.807, 2.05) is 4.90 Å². The number of piperidine rings is 1. The lowest BCUT2D eigenvalue weighted by Gasteiger charge is -2.31. The fourth-order valence-corrected chi connectivity index (χ4v) is 2.22. The zero-order valence-electron chi connectivity index (χ0n) is 10.0. The van der Waals surface area contributed by atoms with E-state index in [1.165, 1.54) is 6.07 Å². The van der Waals surface area contributed by atoms with Crippen molar-refractivity contribution in [1.29, 1.82) is 0 Å². The Labute approximate surface area is 105 Å². The number of rotatable bonds is 3. The SMILES string of the molecule is OC1CCN(CC(O)c2ccc(F)cc2F)CC1. The van der Waals surface area contributed by atoms with Gasteiger partial charge in [-0.2, -0.15) is 0 Å². The van der Waals surface area contributed by atoms with Crippen LogP contribution < -0.4 is 0 Å². The van der Waals surface area contributed by atoms with Crippen LogP contribution in [0.4, 0.5) is 8.78 Å². The quantitative estimate of drug-likeness (QED) is 0.861. The highest BCUT2D eigenvalue weighted by Gasteiger charge is 2.21. The van der Waals surface area contributed by atoms with Gasteiger partial charge in [-0.05, 0) is 18.9 Å². The molecule has 0 radical (unpaired) electrons. The summed E-state index contributed by atoms with van der Waals surface area (Å²) in [4.78, 5) is 1.97. The van der Waals surface area contributed by atoms with E-state index in [1.54, 1.807) is 0 Å². The molecule has 100 valence electrons. The molecule has 1 heterocycles. The van der Waals surface area contributed by atoms with Gasteiger partial charge in [0, 0.05) is 31.3 Å². The number of aliphatic hydroxyl groups is 2. The summed E-state index contributed by atoms with van der Waals surface area (Å²) in [6, 6.07) is 3.19. The van der Waals surface area contributed by atoms with Crippen molar-refractivity contribution in [3.05, 3.63) is 35.4 Å². The van der Waals surface area contributed by atoms with Gasteiger partial charge in [-0.1, -0.05) is 6.07 Å². The fraction of sp³-hybridized carbons (Fsp3) is 0.538. The van der Waals surface area contributed by atoms with Gasteiger partial charge in [0.15, 0.2) is 0 Å². The second kappa shape index (κ2) is 5.73. The highest BCUT2D eigenvalue weighted by Crippen LogP contribution is 2.20. The average molecular weight is 257 g/mol. The zero-order valence-corrected chi connectivity index (χ0v) is 10.0. The molecule has 1 unspecified atom stereocenters. The van der Waals surface area contributed by atoms with E-state index < -0.39 is 17.7 Å². The van der Waals surface area contributed by atoms with Gasteiger partial charge in [-0.3, -0.25) is 0 Å². The van der Waals surface area contributed by atoms with Gasteiger partial charge < -0.3 is 15.1 Å². The Hall–Kier alpha value is -1.04. The number of halogens is 2. The van der Waals surface area contributed by atoms with Crippen molar-refractivity contribution in [1.82, 2.24) is 4.90 Å². The van der Waals surface area contributed by atoms with Crippen LogP contribution in [0, 0.1) is 11.6 Å². The third-order valence-corrected chi connectivity index (χ3v) is 3.31. The van der Waals surface area contributed by atoms with Gasteiger partial charge in [0.25, 0.3) is 0 Å². The van der Waals surface area contributed by atoms with Crippen LogP contribution in [0.2, 0.25) is 0 Å².